The first-order valence-corrected chi connectivity index (χ1v) is 16.2. The van der Waals surface area contributed by atoms with Crippen LogP contribution in [0, 0.1) is 0 Å². The molecule has 0 bridgehead atoms. The molecule has 1 saturated carbocycles. The summed E-state index contributed by atoms with van der Waals surface area (Å²) in [6, 6.07) is 12.3. The second-order valence-electron chi connectivity index (χ2n) is 11.6. The van der Waals surface area contributed by atoms with Crippen LogP contribution in [0.15, 0.2) is 53.8 Å². The number of halogens is 6. The molecule has 1 fully saturated rings. The van der Waals surface area contributed by atoms with Crippen LogP contribution in [0.3, 0.4) is 0 Å². The van der Waals surface area contributed by atoms with Crippen molar-refractivity contribution in [2.75, 3.05) is 33.0 Å². The van der Waals surface area contributed by atoms with Crippen molar-refractivity contribution in [3.63, 3.8) is 0 Å². The molecular weight excluding hydrogens is 710 g/mol. The Labute approximate surface area is 290 Å². The Morgan fingerprint density at radius 2 is 1.65 bits per heavy atom. The van der Waals surface area contributed by atoms with Crippen LogP contribution in [0.1, 0.15) is 40.5 Å². The number of alkyl halides is 6. The second kappa shape index (κ2) is 16.4. The number of hydrogen-bond donors (Lipinski definition) is 4. The molecule has 12 nitrogen and oxygen atoms in total. The molecule has 4 aromatic rings. The normalized spacial score (nSPS) is 15.4. The van der Waals surface area contributed by atoms with Crippen molar-refractivity contribution >= 4 is 40.5 Å². The van der Waals surface area contributed by atoms with E-state index >= 15 is 0 Å². The van der Waals surface area contributed by atoms with E-state index in [2.05, 4.69) is 52.7 Å². The average molecular weight is 743 g/mol. The number of aliphatic carboxylic acids is 2. The van der Waals surface area contributed by atoms with E-state index in [0.29, 0.717) is 18.2 Å². The van der Waals surface area contributed by atoms with Crippen molar-refractivity contribution in [3.8, 4) is 16.9 Å². The van der Waals surface area contributed by atoms with Crippen LogP contribution in [0.25, 0.3) is 22.0 Å². The van der Waals surface area contributed by atoms with E-state index in [0.717, 1.165) is 75.8 Å². The Hall–Kier alpha value is -4.91. The van der Waals surface area contributed by atoms with E-state index < -0.39 is 24.3 Å². The number of ether oxygens (including phenoxy) is 1. The number of H-pyrrole nitrogens is 1. The van der Waals surface area contributed by atoms with Crippen molar-refractivity contribution in [2.24, 2.45) is 0 Å². The van der Waals surface area contributed by atoms with Crippen LogP contribution < -0.4 is 10.1 Å². The number of nitrogens with zero attached hydrogens (tertiary/aromatic N) is 4. The van der Waals surface area contributed by atoms with E-state index in [1.165, 1.54) is 0 Å². The summed E-state index contributed by atoms with van der Waals surface area (Å²) in [7, 11) is 4.16. The van der Waals surface area contributed by atoms with Gasteiger partial charge in [0.1, 0.15) is 16.6 Å². The van der Waals surface area contributed by atoms with Gasteiger partial charge in [0.15, 0.2) is 0 Å². The third kappa shape index (κ3) is 11.3. The van der Waals surface area contributed by atoms with Gasteiger partial charge in [-0.05, 0) is 74.8 Å². The molecule has 2 aromatic heterocycles. The molecular formula is C32H32F6N6O6S. The molecule has 19 heteroatoms. The molecule has 6 rings (SSSR count). The molecule has 1 aliphatic carbocycles. The second-order valence-corrected chi connectivity index (χ2v) is 12.7. The Bertz CT molecular complexity index is 1830. The van der Waals surface area contributed by atoms with Crippen molar-refractivity contribution in [1.82, 2.24) is 30.4 Å². The lowest BCUT2D eigenvalue weighted by atomic mass is 9.94. The smallest absolute Gasteiger partial charge is 0.490 e. The fourth-order valence-electron chi connectivity index (χ4n) is 4.52. The highest BCUT2D eigenvalue weighted by Gasteiger charge is 2.39. The molecule has 1 amide bonds. The van der Waals surface area contributed by atoms with Crippen LogP contribution in [0.5, 0.6) is 5.75 Å². The number of hydrogen-bond acceptors (Lipinski definition) is 9. The Kier molecular flexibility index (Phi) is 12.5. The molecule has 1 aliphatic heterocycles. The summed E-state index contributed by atoms with van der Waals surface area (Å²) in [4.78, 5) is 42.6. The zero-order chi connectivity index (χ0) is 37.5. The number of fused-ring (bicyclic) bond motifs is 2. The number of rotatable bonds is 8. The summed E-state index contributed by atoms with van der Waals surface area (Å²) in [5.74, 6) is -2.96. The SMILES string of the molecule is CN(C)CCSc1nc(C2COc3ccc(C(=O)NC4CC4)cc3C2)nc2ccc(-c3cn[nH]c3)cc12.O=C(O)C(F)(F)F.O=C(O)C(F)(F)F. The van der Waals surface area contributed by atoms with E-state index in [9.17, 15) is 31.1 Å². The Morgan fingerprint density at radius 3 is 2.22 bits per heavy atom. The van der Waals surface area contributed by atoms with Gasteiger partial charge < -0.3 is 25.2 Å². The molecule has 0 spiro atoms. The van der Waals surface area contributed by atoms with Crippen LogP contribution in [-0.4, -0.2) is 105 Å². The fraction of sp³-hybridized carbons (Fsp3) is 0.375. The molecule has 2 aliphatic rings. The maximum Gasteiger partial charge on any atom is 0.490 e. The number of aromatic amines is 1. The standard InChI is InChI=1S/C28H30N6O2S.2C2HF3O2/c1-34(2)9-10-37-28-23-13-17(21-14-29-30-15-21)3-7-24(23)32-26(33-28)20-12-19-11-18(4-8-25(19)36-16-20)27(35)31-22-5-6-22;2*3-2(4,5)1(6)7/h3-4,7-8,11,13-15,20,22H,5-6,9-10,12,16H2,1-2H3,(H,29,30)(H,31,35);2*(H,6,7). The number of carboxylic acid groups (broad SMARTS) is 2. The summed E-state index contributed by atoms with van der Waals surface area (Å²) in [6.07, 6.45) is -3.57. The highest BCUT2D eigenvalue weighted by Crippen LogP contribution is 2.35. The number of amides is 1. The zero-order valence-electron chi connectivity index (χ0n) is 27.0. The predicted molar refractivity (Wildman–Crippen MR) is 173 cm³/mol. The molecule has 4 N–H and O–H groups in total. The minimum absolute atomic E-state index is 0.0117. The minimum Gasteiger partial charge on any atom is -0.493 e. The molecule has 0 radical (unpaired) electrons. The number of nitrogens with one attached hydrogen (secondary N) is 2. The first-order chi connectivity index (χ1) is 23.9. The zero-order valence-corrected chi connectivity index (χ0v) is 27.8. The van der Waals surface area contributed by atoms with Gasteiger partial charge in [0.25, 0.3) is 5.91 Å². The van der Waals surface area contributed by atoms with Crippen LogP contribution in [-0.2, 0) is 16.0 Å². The molecule has 51 heavy (non-hydrogen) atoms. The number of carbonyl (C=O) groups excluding carboxylic acids is 1. The van der Waals surface area contributed by atoms with Gasteiger partial charge >= 0.3 is 24.3 Å². The average Bonchev–Trinajstić information content (AvgIpc) is 3.70. The van der Waals surface area contributed by atoms with Crippen molar-refractivity contribution in [3.05, 3.63) is 65.7 Å². The molecule has 0 saturated heterocycles. The highest BCUT2D eigenvalue weighted by molar-refractivity contribution is 7.99. The van der Waals surface area contributed by atoms with Crippen molar-refractivity contribution in [1.29, 1.82) is 0 Å². The van der Waals surface area contributed by atoms with Gasteiger partial charge in [0, 0.05) is 41.0 Å². The molecule has 2 aromatic carbocycles. The molecule has 1 atom stereocenters. The summed E-state index contributed by atoms with van der Waals surface area (Å²) < 4.78 is 69.6. The third-order valence-electron chi connectivity index (χ3n) is 7.28. The van der Waals surface area contributed by atoms with Crippen molar-refractivity contribution < 1.29 is 55.7 Å². The first-order valence-electron chi connectivity index (χ1n) is 15.2. The van der Waals surface area contributed by atoms with Gasteiger partial charge in [0.2, 0.25) is 0 Å². The lowest BCUT2D eigenvalue weighted by molar-refractivity contribution is -0.193. The number of thioether (sulfide) groups is 1. The monoisotopic (exact) mass is 742 g/mol. The quantitative estimate of drug-likeness (QED) is 0.101. The Balaban J connectivity index is 0.000000353. The largest absolute Gasteiger partial charge is 0.493 e. The van der Waals surface area contributed by atoms with Gasteiger partial charge in [-0.1, -0.05) is 6.07 Å². The summed E-state index contributed by atoms with van der Waals surface area (Å²) in [5, 5.41) is 26.3. The lowest BCUT2D eigenvalue weighted by Crippen LogP contribution is -2.26. The Morgan fingerprint density at radius 1 is 0.980 bits per heavy atom. The number of benzene rings is 2. The fourth-order valence-corrected chi connectivity index (χ4v) is 5.65. The van der Waals surface area contributed by atoms with E-state index in [-0.39, 0.29) is 11.8 Å². The number of carbonyl (C=O) groups is 3. The van der Waals surface area contributed by atoms with Crippen LogP contribution in [0.2, 0.25) is 0 Å². The molecule has 274 valence electrons. The van der Waals surface area contributed by atoms with Gasteiger partial charge in [0.05, 0.1) is 24.2 Å². The van der Waals surface area contributed by atoms with Crippen LogP contribution in [0.4, 0.5) is 26.3 Å². The number of carboxylic acids is 2. The van der Waals surface area contributed by atoms with E-state index in [4.69, 9.17) is 34.5 Å². The van der Waals surface area contributed by atoms with Gasteiger partial charge in [-0.2, -0.15) is 31.4 Å². The maximum absolute atomic E-state index is 12.6. The van der Waals surface area contributed by atoms with Gasteiger partial charge in [-0.15, -0.1) is 11.8 Å². The summed E-state index contributed by atoms with van der Waals surface area (Å²) in [5.41, 5.74) is 4.75. The molecule has 3 heterocycles. The first kappa shape index (κ1) is 38.9. The van der Waals surface area contributed by atoms with E-state index in [1.807, 2.05) is 30.6 Å². The lowest BCUT2D eigenvalue weighted by Gasteiger charge is -2.25. The van der Waals surface area contributed by atoms with Gasteiger partial charge in [-0.3, -0.25) is 9.89 Å². The van der Waals surface area contributed by atoms with Gasteiger partial charge in [-0.25, -0.2) is 19.6 Å². The van der Waals surface area contributed by atoms with Crippen LogP contribution >= 0.6 is 11.8 Å². The highest BCUT2D eigenvalue weighted by atomic mass is 32.2. The minimum atomic E-state index is -5.08. The van der Waals surface area contributed by atoms with Crippen molar-refractivity contribution in [2.45, 2.75) is 48.6 Å². The predicted octanol–water partition coefficient (Wildman–Crippen LogP) is 5.55. The topological polar surface area (TPSA) is 171 Å². The third-order valence-corrected chi connectivity index (χ3v) is 8.25. The van der Waals surface area contributed by atoms with E-state index in [1.54, 1.807) is 11.8 Å². The number of aromatic nitrogens is 4. The molecule has 1 unspecified atom stereocenters. The summed E-state index contributed by atoms with van der Waals surface area (Å²) in [6.45, 7) is 1.47. The summed E-state index contributed by atoms with van der Waals surface area (Å²) >= 11 is 1.76. The maximum atomic E-state index is 12.6.